The molecule has 0 saturated heterocycles. The number of rotatable bonds is 2. The fourth-order valence-electron chi connectivity index (χ4n) is 1.86. The van der Waals surface area contributed by atoms with Gasteiger partial charge in [0.2, 0.25) is 0 Å². The van der Waals surface area contributed by atoms with Gasteiger partial charge in [-0.3, -0.25) is 4.40 Å². The third-order valence-electron chi connectivity index (χ3n) is 2.77. The summed E-state index contributed by atoms with van der Waals surface area (Å²) in [6.45, 7) is 1.97. The van der Waals surface area contributed by atoms with Crippen molar-refractivity contribution in [3.63, 3.8) is 0 Å². The third-order valence-corrected chi connectivity index (χ3v) is 3.73. The van der Waals surface area contributed by atoms with Crippen LogP contribution in [0, 0.1) is 6.92 Å². The van der Waals surface area contributed by atoms with Crippen LogP contribution in [-0.2, 0) is 0 Å². The summed E-state index contributed by atoms with van der Waals surface area (Å²) in [6.07, 6.45) is -2.81. The molecule has 0 N–H and O–H groups in total. The number of nitrogens with zero attached hydrogens (tertiary/aromatic N) is 2. The van der Waals surface area contributed by atoms with Gasteiger partial charge in [0.05, 0.1) is 5.69 Å². The van der Waals surface area contributed by atoms with Gasteiger partial charge in [0.25, 0.3) is 0 Å². The van der Waals surface area contributed by atoms with Crippen molar-refractivity contribution in [2.45, 2.75) is 13.3 Å². The number of hydrogen-bond acceptors (Lipinski definition) is 3. The fraction of sp³-hybridized carbons (Fsp3) is 0.154. The zero-order valence-corrected chi connectivity index (χ0v) is 11.1. The summed E-state index contributed by atoms with van der Waals surface area (Å²) >= 11 is 1.52. The van der Waals surface area contributed by atoms with Gasteiger partial charge in [-0.1, -0.05) is 0 Å². The van der Waals surface area contributed by atoms with E-state index in [9.17, 15) is 13.2 Å². The lowest BCUT2D eigenvalue weighted by molar-refractivity contribution is -0.274. The lowest BCUT2D eigenvalue weighted by Crippen LogP contribution is -2.16. The topological polar surface area (TPSA) is 26.5 Å². The summed E-state index contributed by atoms with van der Waals surface area (Å²) in [6, 6.07) is 5.68. The second-order valence-corrected chi connectivity index (χ2v) is 5.06. The lowest BCUT2D eigenvalue weighted by atomic mass is 10.2. The molecule has 0 aliphatic rings. The molecule has 3 nitrogen and oxygen atoms in total. The Morgan fingerprint density at radius 2 is 1.90 bits per heavy atom. The number of hydrogen-bond donors (Lipinski definition) is 0. The van der Waals surface area contributed by atoms with Crippen LogP contribution < -0.4 is 4.74 Å². The predicted octanol–water partition coefficient (Wildman–Crippen LogP) is 4.27. The molecule has 20 heavy (non-hydrogen) atoms. The van der Waals surface area contributed by atoms with Crippen LogP contribution in [0.15, 0.2) is 35.8 Å². The van der Waals surface area contributed by atoms with Gasteiger partial charge in [0.15, 0.2) is 4.96 Å². The standard InChI is InChI=1S/C13H9F3N2OS/c1-8-7-20-12-17-11(6-18(8)12)9-2-4-10(5-3-9)19-13(14,15)16/h2-7H,1H3. The zero-order chi connectivity index (χ0) is 14.3. The Morgan fingerprint density at radius 3 is 2.50 bits per heavy atom. The smallest absolute Gasteiger partial charge is 0.406 e. The van der Waals surface area contributed by atoms with Crippen molar-refractivity contribution in [3.8, 4) is 17.0 Å². The van der Waals surface area contributed by atoms with Crippen molar-refractivity contribution in [2.24, 2.45) is 0 Å². The Hall–Kier alpha value is -2.02. The van der Waals surface area contributed by atoms with Crippen molar-refractivity contribution < 1.29 is 17.9 Å². The number of fused-ring (bicyclic) bond motifs is 1. The zero-order valence-electron chi connectivity index (χ0n) is 10.3. The molecule has 3 aromatic rings. The Kier molecular flexibility index (Phi) is 2.93. The van der Waals surface area contributed by atoms with E-state index in [1.165, 1.54) is 23.5 Å². The fourth-order valence-corrected chi connectivity index (χ4v) is 2.71. The number of thiazole rings is 1. The van der Waals surface area contributed by atoms with Gasteiger partial charge < -0.3 is 4.74 Å². The molecule has 1 aromatic carbocycles. The number of ether oxygens (including phenoxy) is 1. The van der Waals surface area contributed by atoms with Gasteiger partial charge in [-0.05, 0) is 31.2 Å². The highest BCUT2D eigenvalue weighted by Gasteiger charge is 2.30. The summed E-state index contributed by atoms with van der Waals surface area (Å²) < 4.78 is 42.0. The number of alkyl halides is 3. The first-order valence-corrected chi connectivity index (χ1v) is 6.60. The van der Waals surface area contributed by atoms with E-state index >= 15 is 0 Å². The second-order valence-electron chi connectivity index (χ2n) is 4.23. The molecule has 7 heteroatoms. The molecular formula is C13H9F3N2OS. The molecule has 0 aliphatic heterocycles. The Bertz CT molecular complexity index is 743. The summed E-state index contributed by atoms with van der Waals surface area (Å²) in [4.78, 5) is 5.28. The first-order valence-electron chi connectivity index (χ1n) is 5.72. The molecule has 2 aromatic heterocycles. The van der Waals surface area contributed by atoms with Crippen molar-refractivity contribution in [3.05, 3.63) is 41.5 Å². The van der Waals surface area contributed by atoms with Gasteiger partial charge in [0, 0.05) is 22.8 Å². The highest BCUT2D eigenvalue weighted by atomic mass is 32.1. The van der Waals surface area contributed by atoms with Gasteiger partial charge in [-0.2, -0.15) is 0 Å². The molecule has 0 aliphatic carbocycles. The van der Waals surface area contributed by atoms with Crippen LogP contribution in [-0.4, -0.2) is 15.7 Å². The van der Waals surface area contributed by atoms with Gasteiger partial charge >= 0.3 is 6.36 Å². The number of halogens is 3. The average molecular weight is 298 g/mol. The SMILES string of the molecule is Cc1csc2nc(-c3ccc(OC(F)(F)F)cc3)cn12. The number of aromatic nitrogens is 2. The maximum atomic E-state index is 12.1. The van der Waals surface area contributed by atoms with Crippen molar-refractivity contribution in [2.75, 3.05) is 0 Å². The summed E-state index contributed by atoms with van der Waals surface area (Å²) in [5, 5.41) is 1.99. The maximum absolute atomic E-state index is 12.1. The van der Waals surface area contributed by atoms with Crippen molar-refractivity contribution in [1.82, 2.24) is 9.38 Å². The predicted molar refractivity (Wildman–Crippen MR) is 69.9 cm³/mol. The lowest BCUT2D eigenvalue weighted by Gasteiger charge is -2.08. The first kappa shape index (κ1) is 13.0. The highest BCUT2D eigenvalue weighted by Crippen LogP contribution is 2.27. The van der Waals surface area contributed by atoms with Gasteiger partial charge in [-0.15, -0.1) is 24.5 Å². The molecule has 0 unspecified atom stereocenters. The van der Waals surface area contributed by atoms with Gasteiger partial charge in [-0.25, -0.2) is 4.98 Å². The maximum Gasteiger partial charge on any atom is 0.573 e. The van der Waals surface area contributed by atoms with E-state index in [1.807, 2.05) is 22.9 Å². The van der Waals surface area contributed by atoms with Crippen LogP contribution >= 0.6 is 11.3 Å². The van der Waals surface area contributed by atoms with Crippen LogP contribution in [0.3, 0.4) is 0 Å². The Balaban J connectivity index is 1.90. The molecule has 0 fully saturated rings. The van der Waals surface area contributed by atoms with Crippen LogP contribution in [0.25, 0.3) is 16.2 Å². The Labute approximate surface area is 116 Å². The third kappa shape index (κ3) is 2.49. The highest BCUT2D eigenvalue weighted by molar-refractivity contribution is 7.15. The summed E-state index contributed by atoms with van der Waals surface area (Å²) in [5.41, 5.74) is 2.54. The largest absolute Gasteiger partial charge is 0.573 e. The van der Waals surface area contributed by atoms with E-state index in [2.05, 4.69) is 9.72 Å². The Morgan fingerprint density at radius 1 is 1.20 bits per heavy atom. The molecule has 0 amide bonds. The molecule has 0 atom stereocenters. The summed E-state index contributed by atoms with van der Waals surface area (Å²) in [5.74, 6) is -0.238. The second kappa shape index (κ2) is 4.52. The van der Waals surface area contributed by atoms with E-state index in [1.54, 1.807) is 12.1 Å². The summed E-state index contributed by atoms with van der Waals surface area (Å²) in [7, 11) is 0. The quantitative estimate of drug-likeness (QED) is 0.706. The van der Waals surface area contributed by atoms with Crippen LogP contribution in [0.2, 0.25) is 0 Å². The minimum atomic E-state index is -4.67. The number of benzene rings is 1. The molecular weight excluding hydrogens is 289 g/mol. The van der Waals surface area contributed by atoms with Crippen LogP contribution in [0.4, 0.5) is 13.2 Å². The van der Waals surface area contributed by atoms with E-state index in [0.29, 0.717) is 0 Å². The molecule has 0 spiro atoms. The van der Waals surface area contributed by atoms with E-state index in [4.69, 9.17) is 0 Å². The van der Waals surface area contributed by atoms with Crippen LogP contribution in [0.1, 0.15) is 5.69 Å². The van der Waals surface area contributed by atoms with E-state index in [0.717, 1.165) is 21.9 Å². The van der Waals surface area contributed by atoms with E-state index in [-0.39, 0.29) is 5.75 Å². The molecule has 0 bridgehead atoms. The molecule has 2 heterocycles. The number of imidazole rings is 1. The monoisotopic (exact) mass is 298 g/mol. The van der Waals surface area contributed by atoms with Crippen molar-refractivity contribution >= 4 is 16.3 Å². The van der Waals surface area contributed by atoms with Gasteiger partial charge in [0.1, 0.15) is 5.75 Å². The van der Waals surface area contributed by atoms with Crippen molar-refractivity contribution in [1.29, 1.82) is 0 Å². The molecule has 104 valence electrons. The van der Waals surface area contributed by atoms with E-state index < -0.39 is 6.36 Å². The number of aryl methyl sites for hydroxylation is 1. The minimum absolute atomic E-state index is 0.238. The average Bonchev–Trinajstić information content (AvgIpc) is 2.91. The van der Waals surface area contributed by atoms with Crippen LogP contribution in [0.5, 0.6) is 5.75 Å². The first-order chi connectivity index (χ1) is 9.42. The molecule has 0 saturated carbocycles. The molecule has 3 rings (SSSR count). The minimum Gasteiger partial charge on any atom is -0.406 e. The normalized spacial score (nSPS) is 12.0. The molecule has 0 radical (unpaired) electrons.